The molecule has 0 radical (unpaired) electrons. The predicted molar refractivity (Wildman–Crippen MR) is 78.1 cm³/mol. The minimum Gasteiger partial charge on any atom is -0.493 e. The van der Waals surface area contributed by atoms with Gasteiger partial charge < -0.3 is 10.1 Å². The number of ether oxygens (including phenoxy) is 1. The predicted octanol–water partition coefficient (Wildman–Crippen LogP) is 2.65. The summed E-state index contributed by atoms with van der Waals surface area (Å²) in [6, 6.07) is 5.34. The summed E-state index contributed by atoms with van der Waals surface area (Å²) in [7, 11) is 0. The van der Waals surface area contributed by atoms with Crippen LogP contribution in [0.5, 0.6) is 5.75 Å². The van der Waals surface area contributed by atoms with Gasteiger partial charge in [0.05, 0.1) is 12.6 Å². The third kappa shape index (κ3) is 3.30. The highest BCUT2D eigenvalue weighted by Gasteiger charge is 2.22. The van der Waals surface area contributed by atoms with Crippen molar-refractivity contribution in [1.82, 2.24) is 15.3 Å². The maximum atomic E-state index is 13.3. The molecule has 7 heteroatoms. The minimum atomic E-state index is -0.374. The number of hydrogen-bond acceptors (Lipinski definition) is 4. The normalized spacial score (nSPS) is 16.9. The van der Waals surface area contributed by atoms with Gasteiger partial charge in [0.25, 0.3) is 0 Å². The molecular formula is C15H15FN4O2. The number of nitrogens with one attached hydrogen (secondary N) is 2. The fraction of sp³-hybridized carbons (Fsp3) is 0.267. The average molecular weight is 302 g/mol. The van der Waals surface area contributed by atoms with Crippen LogP contribution >= 0.6 is 0 Å². The maximum absolute atomic E-state index is 13.3. The fourth-order valence-corrected chi connectivity index (χ4v) is 2.37. The number of anilines is 1. The number of carbonyl (C=O) groups excluding carboxylic acids is 1. The van der Waals surface area contributed by atoms with Gasteiger partial charge in [0.15, 0.2) is 0 Å². The zero-order valence-corrected chi connectivity index (χ0v) is 11.8. The number of nitrogens with zero attached hydrogens (tertiary/aromatic N) is 2. The fourth-order valence-electron chi connectivity index (χ4n) is 2.37. The van der Waals surface area contributed by atoms with E-state index in [2.05, 4.69) is 20.6 Å². The summed E-state index contributed by atoms with van der Waals surface area (Å²) in [4.78, 5) is 19.8. The topological polar surface area (TPSA) is 76.1 Å². The van der Waals surface area contributed by atoms with Gasteiger partial charge in [0.1, 0.15) is 23.7 Å². The number of urea groups is 1. The Morgan fingerprint density at radius 3 is 3.09 bits per heavy atom. The molecule has 2 N–H and O–H groups in total. The number of benzene rings is 1. The van der Waals surface area contributed by atoms with Crippen LogP contribution in [0.25, 0.3) is 0 Å². The summed E-state index contributed by atoms with van der Waals surface area (Å²) in [5.41, 5.74) is 0.775. The summed E-state index contributed by atoms with van der Waals surface area (Å²) in [5, 5.41) is 5.51. The molecule has 1 aromatic heterocycles. The van der Waals surface area contributed by atoms with Crippen LogP contribution in [-0.2, 0) is 0 Å². The van der Waals surface area contributed by atoms with Crippen LogP contribution in [0.2, 0.25) is 0 Å². The van der Waals surface area contributed by atoms with E-state index in [0.717, 1.165) is 18.4 Å². The van der Waals surface area contributed by atoms with E-state index in [1.54, 1.807) is 18.3 Å². The van der Waals surface area contributed by atoms with Gasteiger partial charge in [-0.2, -0.15) is 0 Å². The van der Waals surface area contributed by atoms with E-state index in [9.17, 15) is 9.18 Å². The third-order valence-electron chi connectivity index (χ3n) is 3.37. The van der Waals surface area contributed by atoms with Crippen molar-refractivity contribution in [3.8, 4) is 5.75 Å². The lowest BCUT2D eigenvalue weighted by molar-refractivity contribution is 0.247. The number of fused-ring (bicyclic) bond motifs is 1. The molecule has 1 aliphatic heterocycles. The Bertz CT molecular complexity index is 666. The quantitative estimate of drug-likeness (QED) is 0.894. The summed E-state index contributed by atoms with van der Waals surface area (Å²) in [5.74, 6) is 0.534. The molecule has 1 aliphatic rings. The molecule has 2 amide bonds. The first-order valence-corrected chi connectivity index (χ1v) is 6.98. The molecule has 1 aromatic carbocycles. The van der Waals surface area contributed by atoms with Crippen LogP contribution in [-0.4, -0.2) is 22.6 Å². The Balaban J connectivity index is 1.73. The highest BCUT2D eigenvalue weighted by atomic mass is 19.1. The molecule has 0 saturated carbocycles. The van der Waals surface area contributed by atoms with E-state index in [-0.39, 0.29) is 17.9 Å². The van der Waals surface area contributed by atoms with Gasteiger partial charge in [-0.1, -0.05) is 6.07 Å². The molecular weight excluding hydrogens is 287 g/mol. The number of carbonyl (C=O) groups is 1. The van der Waals surface area contributed by atoms with Gasteiger partial charge in [0, 0.05) is 17.8 Å². The summed E-state index contributed by atoms with van der Waals surface area (Å²) in [6.45, 7) is 0.502. The van der Waals surface area contributed by atoms with E-state index < -0.39 is 0 Å². The molecule has 0 unspecified atom stereocenters. The average Bonchev–Trinajstić information content (AvgIpc) is 2.70. The second kappa shape index (κ2) is 6.38. The van der Waals surface area contributed by atoms with Crippen molar-refractivity contribution in [2.24, 2.45) is 0 Å². The van der Waals surface area contributed by atoms with Crippen LogP contribution in [0.3, 0.4) is 0 Å². The van der Waals surface area contributed by atoms with Crippen LogP contribution in [0.4, 0.5) is 15.0 Å². The molecule has 0 spiro atoms. The smallest absolute Gasteiger partial charge is 0.320 e. The van der Waals surface area contributed by atoms with E-state index in [0.29, 0.717) is 18.2 Å². The molecule has 2 heterocycles. The van der Waals surface area contributed by atoms with Gasteiger partial charge in [-0.05, 0) is 25.0 Å². The van der Waals surface area contributed by atoms with Crippen molar-refractivity contribution in [3.05, 3.63) is 48.2 Å². The lowest BCUT2D eigenvalue weighted by atomic mass is 10.0. The Labute approximate surface area is 126 Å². The van der Waals surface area contributed by atoms with E-state index >= 15 is 0 Å². The molecule has 6 nitrogen and oxygen atoms in total. The monoisotopic (exact) mass is 302 g/mol. The second-order valence-corrected chi connectivity index (χ2v) is 4.92. The highest BCUT2D eigenvalue weighted by Crippen LogP contribution is 2.32. The molecule has 1 atom stereocenters. The lowest BCUT2D eigenvalue weighted by Gasteiger charge is -2.18. The SMILES string of the molecule is O=C(Nc1ccncn1)N[C@@H]1CCCOc2cc(F)ccc21. The largest absolute Gasteiger partial charge is 0.493 e. The summed E-state index contributed by atoms with van der Waals surface area (Å²) < 4.78 is 18.8. The van der Waals surface area contributed by atoms with Gasteiger partial charge in [-0.15, -0.1) is 0 Å². The van der Waals surface area contributed by atoms with Crippen molar-refractivity contribution in [1.29, 1.82) is 0 Å². The van der Waals surface area contributed by atoms with Crippen molar-refractivity contribution in [2.45, 2.75) is 18.9 Å². The van der Waals surface area contributed by atoms with Gasteiger partial charge >= 0.3 is 6.03 Å². The minimum absolute atomic E-state index is 0.236. The number of hydrogen-bond donors (Lipinski definition) is 2. The zero-order chi connectivity index (χ0) is 15.4. The van der Waals surface area contributed by atoms with Crippen molar-refractivity contribution in [3.63, 3.8) is 0 Å². The standard InChI is InChI=1S/C15H15FN4O2/c16-10-3-4-11-12(2-1-7-22-13(11)8-10)19-15(21)20-14-5-6-17-9-18-14/h3-6,8-9,12H,1-2,7H2,(H2,17,18,19,20,21)/t12-/m1/s1. The van der Waals surface area contributed by atoms with Gasteiger partial charge in [-0.25, -0.2) is 19.2 Å². The second-order valence-electron chi connectivity index (χ2n) is 4.92. The van der Waals surface area contributed by atoms with Crippen LogP contribution in [0, 0.1) is 5.82 Å². The molecule has 3 rings (SSSR count). The Morgan fingerprint density at radius 2 is 2.27 bits per heavy atom. The lowest BCUT2D eigenvalue weighted by Crippen LogP contribution is -2.32. The zero-order valence-electron chi connectivity index (χ0n) is 11.8. The van der Waals surface area contributed by atoms with Gasteiger partial charge in [-0.3, -0.25) is 5.32 Å². The van der Waals surface area contributed by atoms with Crippen LogP contribution in [0.15, 0.2) is 36.8 Å². The number of rotatable bonds is 2. The van der Waals surface area contributed by atoms with E-state index in [1.807, 2.05) is 0 Å². The molecule has 0 fully saturated rings. The molecule has 0 aliphatic carbocycles. The van der Waals surface area contributed by atoms with Crippen molar-refractivity contribution >= 4 is 11.8 Å². The first-order chi connectivity index (χ1) is 10.7. The number of aromatic nitrogens is 2. The van der Waals surface area contributed by atoms with Crippen molar-refractivity contribution in [2.75, 3.05) is 11.9 Å². The Kier molecular flexibility index (Phi) is 4.13. The Hall–Kier alpha value is -2.70. The Morgan fingerprint density at radius 1 is 1.36 bits per heavy atom. The molecule has 0 saturated heterocycles. The molecule has 0 bridgehead atoms. The number of halogens is 1. The molecule has 114 valence electrons. The van der Waals surface area contributed by atoms with Gasteiger partial charge in [0.2, 0.25) is 0 Å². The third-order valence-corrected chi connectivity index (χ3v) is 3.37. The van der Waals surface area contributed by atoms with E-state index in [4.69, 9.17) is 4.74 Å². The van der Waals surface area contributed by atoms with Crippen LogP contribution in [0.1, 0.15) is 24.4 Å². The van der Waals surface area contributed by atoms with Crippen LogP contribution < -0.4 is 15.4 Å². The first-order valence-electron chi connectivity index (χ1n) is 6.98. The van der Waals surface area contributed by atoms with Crippen molar-refractivity contribution < 1.29 is 13.9 Å². The highest BCUT2D eigenvalue weighted by molar-refractivity contribution is 5.88. The molecule has 2 aromatic rings. The number of amides is 2. The summed E-state index contributed by atoms with van der Waals surface area (Å²) in [6.07, 6.45) is 4.39. The van der Waals surface area contributed by atoms with E-state index in [1.165, 1.54) is 18.5 Å². The summed E-state index contributed by atoms with van der Waals surface area (Å²) >= 11 is 0. The first kappa shape index (κ1) is 14.2. The molecule has 22 heavy (non-hydrogen) atoms. The maximum Gasteiger partial charge on any atom is 0.320 e.